The van der Waals surface area contributed by atoms with Gasteiger partial charge in [0.2, 0.25) is 0 Å². The molecule has 0 N–H and O–H groups in total. The predicted octanol–water partition coefficient (Wildman–Crippen LogP) is 4.89. The van der Waals surface area contributed by atoms with E-state index in [-0.39, 0.29) is 5.38 Å². The second-order valence-corrected chi connectivity index (χ2v) is 5.81. The van der Waals surface area contributed by atoms with Crippen molar-refractivity contribution in [3.63, 3.8) is 0 Å². The molecule has 3 heteroatoms. The highest BCUT2D eigenvalue weighted by atomic mass is 35.5. The molecule has 0 aliphatic rings. The Morgan fingerprint density at radius 1 is 1.00 bits per heavy atom. The second-order valence-electron chi connectivity index (χ2n) is 5.28. The summed E-state index contributed by atoms with van der Waals surface area (Å²) in [6.45, 7) is 7.59. The molecule has 0 radical (unpaired) electrons. The molecule has 2 aromatic rings. The van der Waals surface area contributed by atoms with Crippen LogP contribution < -0.4 is 4.74 Å². The molecule has 0 heterocycles. The quantitative estimate of drug-likeness (QED) is 0.643. The summed E-state index contributed by atoms with van der Waals surface area (Å²) < 4.78 is 5.47. The van der Waals surface area contributed by atoms with Gasteiger partial charge in [-0.3, -0.25) is 4.90 Å². The third kappa shape index (κ3) is 5.04. The van der Waals surface area contributed by atoms with Gasteiger partial charge < -0.3 is 4.74 Å². The van der Waals surface area contributed by atoms with Crippen molar-refractivity contribution in [1.29, 1.82) is 0 Å². The number of hydrogen-bond acceptors (Lipinski definition) is 2. The molecule has 0 bridgehead atoms. The topological polar surface area (TPSA) is 12.5 Å². The molecular weight excluding hydrogens is 294 g/mol. The van der Waals surface area contributed by atoms with Crippen LogP contribution in [0.15, 0.2) is 54.6 Å². The summed E-state index contributed by atoms with van der Waals surface area (Å²) in [6, 6.07) is 18.6. The van der Waals surface area contributed by atoms with E-state index in [2.05, 4.69) is 48.2 Å². The zero-order valence-corrected chi connectivity index (χ0v) is 14.1. The first kappa shape index (κ1) is 16.9. The summed E-state index contributed by atoms with van der Waals surface area (Å²) in [6.07, 6.45) is 0. The zero-order chi connectivity index (χ0) is 15.8. The van der Waals surface area contributed by atoms with Gasteiger partial charge in [0.1, 0.15) is 5.75 Å². The van der Waals surface area contributed by atoms with E-state index in [1.807, 2.05) is 25.1 Å². The van der Waals surface area contributed by atoms with E-state index in [1.54, 1.807) is 0 Å². The number of likely N-dealkylation sites (N-methyl/N-ethyl adjacent to an activating group) is 1. The summed E-state index contributed by atoms with van der Waals surface area (Å²) in [4.78, 5) is 2.36. The van der Waals surface area contributed by atoms with Crippen LogP contribution in [0.5, 0.6) is 5.75 Å². The Hall–Kier alpha value is -1.51. The van der Waals surface area contributed by atoms with Gasteiger partial charge in [0.15, 0.2) is 0 Å². The molecule has 0 aliphatic carbocycles. The first-order valence-corrected chi connectivity index (χ1v) is 8.29. The zero-order valence-electron chi connectivity index (χ0n) is 13.3. The SMILES string of the molecule is CCOc1ccc(C(Cl)CN(CC)Cc2ccccc2)cc1. The molecule has 118 valence electrons. The number of nitrogens with zero attached hydrogens (tertiary/aromatic N) is 1. The number of benzene rings is 2. The maximum absolute atomic E-state index is 6.59. The fraction of sp³-hybridized carbons (Fsp3) is 0.368. The first-order chi connectivity index (χ1) is 10.7. The first-order valence-electron chi connectivity index (χ1n) is 7.86. The highest BCUT2D eigenvalue weighted by Crippen LogP contribution is 2.24. The number of alkyl halides is 1. The average Bonchev–Trinajstić information content (AvgIpc) is 2.56. The Morgan fingerprint density at radius 2 is 1.68 bits per heavy atom. The maximum atomic E-state index is 6.59. The van der Waals surface area contributed by atoms with Crippen LogP contribution in [0.3, 0.4) is 0 Å². The van der Waals surface area contributed by atoms with E-state index in [0.29, 0.717) is 6.61 Å². The largest absolute Gasteiger partial charge is 0.494 e. The minimum Gasteiger partial charge on any atom is -0.494 e. The third-order valence-corrected chi connectivity index (χ3v) is 4.06. The van der Waals surface area contributed by atoms with Gasteiger partial charge in [0, 0.05) is 13.1 Å². The van der Waals surface area contributed by atoms with Crippen molar-refractivity contribution < 1.29 is 4.74 Å². The van der Waals surface area contributed by atoms with Crippen LogP contribution in [-0.4, -0.2) is 24.6 Å². The molecule has 0 saturated heterocycles. The summed E-state index contributed by atoms with van der Waals surface area (Å²) in [5, 5.41) is -0.0145. The standard InChI is InChI=1S/C19H24ClNO/c1-3-21(14-16-8-6-5-7-9-16)15-19(20)17-10-12-18(13-11-17)22-4-2/h5-13,19H,3-4,14-15H2,1-2H3. The van der Waals surface area contributed by atoms with Gasteiger partial charge in [-0.25, -0.2) is 0 Å². The normalized spacial score (nSPS) is 12.4. The molecule has 2 aromatic carbocycles. The van der Waals surface area contributed by atoms with Crippen molar-refractivity contribution in [1.82, 2.24) is 4.90 Å². The number of hydrogen-bond donors (Lipinski definition) is 0. The molecule has 1 unspecified atom stereocenters. The lowest BCUT2D eigenvalue weighted by Gasteiger charge is -2.23. The highest BCUT2D eigenvalue weighted by molar-refractivity contribution is 6.21. The van der Waals surface area contributed by atoms with E-state index in [9.17, 15) is 0 Å². The Labute approximate surface area is 138 Å². The van der Waals surface area contributed by atoms with Gasteiger partial charge >= 0.3 is 0 Å². The molecule has 1 atom stereocenters. The lowest BCUT2D eigenvalue weighted by Crippen LogP contribution is -2.26. The van der Waals surface area contributed by atoms with Gasteiger partial charge in [0.05, 0.1) is 12.0 Å². The summed E-state index contributed by atoms with van der Waals surface area (Å²) >= 11 is 6.59. The second kappa shape index (κ2) is 8.82. The molecule has 22 heavy (non-hydrogen) atoms. The fourth-order valence-corrected chi connectivity index (χ4v) is 2.76. The van der Waals surface area contributed by atoms with Crippen LogP contribution in [0.25, 0.3) is 0 Å². The maximum Gasteiger partial charge on any atom is 0.119 e. The van der Waals surface area contributed by atoms with E-state index in [4.69, 9.17) is 16.3 Å². The highest BCUT2D eigenvalue weighted by Gasteiger charge is 2.13. The summed E-state index contributed by atoms with van der Waals surface area (Å²) in [7, 11) is 0. The van der Waals surface area contributed by atoms with Crippen molar-refractivity contribution >= 4 is 11.6 Å². The van der Waals surface area contributed by atoms with Gasteiger partial charge in [-0.05, 0) is 36.7 Å². The van der Waals surface area contributed by atoms with Crippen LogP contribution in [0.2, 0.25) is 0 Å². The van der Waals surface area contributed by atoms with Gasteiger partial charge in [-0.1, -0.05) is 49.4 Å². The van der Waals surface area contributed by atoms with Crippen molar-refractivity contribution in [3.05, 3.63) is 65.7 Å². The lowest BCUT2D eigenvalue weighted by molar-refractivity contribution is 0.280. The molecule has 0 spiro atoms. The minimum absolute atomic E-state index is 0.0145. The van der Waals surface area contributed by atoms with Gasteiger partial charge in [0.25, 0.3) is 0 Å². The Balaban J connectivity index is 1.95. The summed E-state index contributed by atoms with van der Waals surface area (Å²) in [5.41, 5.74) is 2.46. The smallest absolute Gasteiger partial charge is 0.119 e. The van der Waals surface area contributed by atoms with Crippen molar-refractivity contribution in [2.75, 3.05) is 19.7 Å². The molecule has 0 saturated carbocycles. The molecule has 0 aromatic heterocycles. The average molecular weight is 318 g/mol. The molecule has 0 aliphatic heterocycles. The number of rotatable bonds is 8. The minimum atomic E-state index is -0.0145. The summed E-state index contributed by atoms with van der Waals surface area (Å²) in [5.74, 6) is 0.895. The van der Waals surface area contributed by atoms with E-state index in [0.717, 1.165) is 30.9 Å². The Morgan fingerprint density at radius 3 is 2.27 bits per heavy atom. The van der Waals surface area contributed by atoms with Crippen LogP contribution >= 0.6 is 11.6 Å². The molecular formula is C19H24ClNO. The van der Waals surface area contributed by atoms with Crippen LogP contribution in [-0.2, 0) is 6.54 Å². The number of ether oxygens (including phenoxy) is 1. The van der Waals surface area contributed by atoms with E-state index in [1.165, 1.54) is 5.56 Å². The van der Waals surface area contributed by atoms with Gasteiger partial charge in [-0.15, -0.1) is 11.6 Å². The Kier molecular flexibility index (Phi) is 6.75. The van der Waals surface area contributed by atoms with Crippen LogP contribution in [0.1, 0.15) is 30.4 Å². The Bertz CT molecular complexity index is 541. The van der Waals surface area contributed by atoms with Crippen LogP contribution in [0.4, 0.5) is 0 Å². The predicted molar refractivity (Wildman–Crippen MR) is 93.6 cm³/mol. The van der Waals surface area contributed by atoms with Crippen molar-refractivity contribution in [2.45, 2.75) is 25.8 Å². The molecule has 2 nitrogen and oxygen atoms in total. The van der Waals surface area contributed by atoms with E-state index >= 15 is 0 Å². The van der Waals surface area contributed by atoms with Gasteiger partial charge in [-0.2, -0.15) is 0 Å². The number of halogens is 1. The molecule has 0 amide bonds. The fourth-order valence-electron chi connectivity index (χ4n) is 2.42. The molecule has 0 fully saturated rings. The van der Waals surface area contributed by atoms with E-state index < -0.39 is 0 Å². The van der Waals surface area contributed by atoms with Crippen molar-refractivity contribution in [3.8, 4) is 5.75 Å². The van der Waals surface area contributed by atoms with Crippen LogP contribution in [0, 0.1) is 0 Å². The lowest BCUT2D eigenvalue weighted by atomic mass is 10.1. The van der Waals surface area contributed by atoms with Crippen molar-refractivity contribution in [2.24, 2.45) is 0 Å². The monoisotopic (exact) mass is 317 g/mol. The third-order valence-electron chi connectivity index (χ3n) is 3.67. The molecule has 2 rings (SSSR count).